The van der Waals surface area contributed by atoms with Crippen LogP contribution in [0.15, 0.2) is 43.0 Å². The molecular weight excluding hydrogens is 380 g/mol. The van der Waals surface area contributed by atoms with Crippen LogP contribution >= 0.6 is 0 Å². The third-order valence-corrected chi connectivity index (χ3v) is 5.39. The van der Waals surface area contributed by atoms with E-state index in [9.17, 15) is 14.4 Å². The van der Waals surface area contributed by atoms with E-state index in [2.05, 4.69) is 11.9 Å². The van der Waals surface area contributed by atoms with Gasteiger partial charge in [0.15, 0.2) is 0 Å². The average molecular weight is 415 g/mol. The largest absolute Gasteiger partial charge is 0.461 e. The van der Waals surface area contributed by atoms with Crippen LogP contribution in [0.5, 0.6) is 0 Å². The van der Waals surface area contributed by atoms with Gasteiger partial charge in [-0.25, -0.2) is 0 Å². The molecule has 30 heavy (non-hydrogen) atoms. The summed E-state index contributed by atoms with van der Waals surface area (Å²) in [6, 6.07) is 9.54. The fourth-order valence-electron chi connectivity index (χ4n) is 3.66. The molecule has 1 aromatic rings. The van der Waals surface area contributed by atoms with Crippen molar-refractivity contribution in [3.63, 3.8) is 0 Å². The average Bonchev–Trinajstić information content (AvgIpc) is 3.06. The first kappa shape index (κ1) is 23.6. The fourth-order valence-corrected chi connectivity index (χ4v) is 3.66. The van der Waals surface area contributed by atoms with E-state index in [1.807, 2.05) is 35.2 Å². The topological polar surface area (TPSA) is 75.7 Å². The number of esters is 1. The number of amides is 2. The van der Waals surface area contributed by atoms with Crippen molar-refractivity contribution in [1.29, 1.82) is 0 Å². The first-order valence-corrected chi connectivity index (χ1v) is 11.0. The Morgan fingerprint density at radius 3 is 2.43 bits per heavy atom. The Hall–Kier alpha value is -2.63. The zero-order chi connectivity index (χ0) is 21.6. The van der Waals surface area contributed by atoms with E-state index >= 15 is 0 Å². The van der Waals surface area contributed by atoms with E-state index in [0.29, 0.717) is 13.0 Å². The molecule has 2 amide bonds. The number of hydrogen-bond acceptors (Lipinski definition) is 4. The number of carbonyl (C=O) groups is 3. The molecule has 0 aromatic heterocycles. The standard InChI is InChI=1S/C24H34N2O4/c1-2-22(27)25-15-9-8-14-21(24(29)26-16-10-3-4-11-17-26)18-23(28)30-19-20-12-6-5-7-13-20/h2,5-7,12-13,21H,1,3-4,8-11,14-19H2,(H,25,27)/t21-/m1/s1. The highest BCUT2D eigenvalue weighted by atomic mass is 16.5. The van der Waals surface area contributed by atoms with Gasteiger partial charge in [0.05, 0.1) is 6.42 Å². The number of likely N-dealkylation sites (tertiary alicyclic amines) is 1. The molecule has 1 fully saturated rings. The summed E-state index contributed by atoms with van der Waals surface area (Å²) in [5, 5.41) is 2.74. The maximum Gasteiger partial charge on any atom is 0.306 e. The Morgan fingerprint density at radius 2 is 1.77 bits per heavy atom. The minimum Gasteiger partial charge on any atom is -0.461 e. The molecule has 1 aliphatic heterocycles. The van der Waals surface area contributed by atoms with Crippen molar-refractivity contribution in [2.24, 2.45) is 5.92 Å². The van der Waals surface area contributed by atoms with Crippen LogP contribution in [0.4, 0.5) is 0 Å². The van der Waals surface area contributed by atoms with Crippen molar-refractivity contribution < 1.29 is 19.1 Å². The lowest BCUT2D eigenvalue weighted by Gasteiger charge is -2.26. The van der Waals surface area contributed by atoms with Gasteiger partial charge in [-0.05, 0) is 37.3 Å². The van der Waals surface area contributed by atoms with Gasteiger partial charge < -0.3 is 15.0 Å². The van der Waals surface area contributed by atoms with E-state index < -0.39 is 0 Å². The highest BCUT2D eigenvalue weighted by Gasteiger charge is 2.27. The van der Waals surface area contributed by atoms with E-state index in [1.165, 1.54) is 6.08 Å². The summed E-state index contributed by atoms with van der Waals surface area (Å²) < 4.78 is 5.42. The monoisotopic (exact) mass is 414 g/mol. The second-order valence-corrected chi connectivity index (χ2v) is 7.78. The second kappa shape index (κ2) is 13.6. The van der Waals surface area contributed by atoms with Gasteiger partial charge in [-0.3, -0.25) is 14.4 Å². The van der Waals surface area contributed by atoms with E-state index in [-0.39, 0.29) is 36.7 Å². The van der Waals surface area contributed by atoms with E-state index in [4.69, 9.17) is 4.74 Å². The first-order chi connectivity index (χ1) is 14.6. The van der Waals surface area contributed by atoms with Gasteiger partial charge in [-0.15, -0.1) is 0 Å². The fraction of sp³-hybridized carbons (Fsp3) is 0.542. The molecule has 1 saturated heterocycles. The van der Waals surface area contributed by atoms with Crippen LogP contribution in [0.1, 0.15) is 56.9 Å². The van der Waals surface area contributed by atoms with Crippen LogP contribution in [0.25, 0.3) is 0 Å². The lowest BCUT2D eigenvalue weighted by molar-refractivity contribution is -0.150. The SMILES string of the molecule is C=CC(=O)NCCCC[C@H](CC(=O)OCc1ccccc1)C(=O)N1CCCCCC1. The molecule has 0 spiro atoms. The summed E-state index contributed by atoms with van der Waals surface area (Å²) in [5.74, 6) is -0.853. The van der Waals surface area contributed by atoms with Gasteiger partial charge in [0.25, 0.3) is 0 Å². The van der Waals surface area contributed by atoms with Crippen molar-refractivity contribution in [2.45, 2.75) is 58.0 Å². The maximum absolute atomic E-state index is 13.1. The molecule has 0 bridgehead atoms. The van der Waals surface area contributed by atoms with E-state index in [0.717, 1.165) is 57.2 Å². The number of hydrogen-bond donors (Lipinski definition) is 1. The number of carbonyl (C=O) groups excluding carboxylic acids is 3. The van der Waals surface area contributed by atoms with Gasteiger partial charge >= 0.3 is 5.97 Å². The molecule has 1 aliphatic rings. The predicted octanol–water partition coefficient (Wildman–Crippen LogP) is 3.61. The normalized spacial score (nSPS) is 15.0. The number of nitrogens with one attached hydrogen (secondary N) is 1. The minimum atomic E-state index is -0.374. The first-order valence-electron chi connectivity index (χ1n) is 11.0. The molecule has 6 heteroatoms. The van der Waals surface area contributed by atoms with Crippen LogP contribution in [0, 0.1) is 5.92 Å². The number of rotatable bonds is 11. The zero-order valence-electron chi connectivity index (χ0n) is 17.8. The Kier molecular flexibility index (Phi) is 10.7. The quantitative estimate of drug-likeness (QED) is 0.341. The maximum atomic E-state index is 13.1. The Labute approximate surface area is 179 Å². The lowest BCUT2D eigenvalue weighted by Crippen LogP contribution is -2.38. The molecule has 0 saturated carbocycles. The molecule has 164 valence electrons. The Morgan fingerprint density at radius 1 is 1.07 bits per heavy atom. The summed E-state index contributed by atoms with van der Waals surface area (Å²) in [5.41, 5.74) is 0.930. The summed E-state index contributed by atoms with van der Waals surface area (Å²) in [7, 11) is 0. The van der Waals surface area contributed by atoms with Gasteiger partial charge in [0, 0.05) is 25.6 Å². The van der Waals surface area contributed by atoms with Gasteiger partial charge in [0.2, 0.25) is 11.8 Å². The molecule has 0 radical (unpaired) electrons. The summed E-state index contributed by atoms with van der Waals surface area (Å²) >= 11 is 0. The van der Waals surface area contributed by atoms with Gasteiger partial charge in [-0.2, -0.15) is 0 Å². The van der Waals surface area contributed by atoms with Crippen molar-refractivity contribution >= 4 is 17.8 Å². The van der Waals surface area contributed by atoms with Crippen LogP contribution in [0.2, 0.25) is 0 Å². The van der Waals surface area contributed by atoms with Crippen molar-refractivity contribution in [3.05, 3.63) is 48.6 Å². The highest BCUT2D eigenvalue weighted by molar-refractivity contribution is 5.86. The molecule has 1 heterocycles. The third-order valence-electron chi connectivity index (χ3n) is 5.39. The molecule has 1 atom stereocenters. The Balaban J connectivity index is 1.87. The molecule has 6 nitrogen and oxygen atoms in total. The summed E-state index contributed by atoms with van der Waals surface area (Å²) in [4.78, 5) is 38.7. The van der Waals surface area contributed by atoms with Crippen LogP contribution < -0.4 is 5.32 Å². The van der Waals surface area contributed by atoms with Gasteiger partial charge in [-0.1, -0.05) is 56.2 Å². The number of nitrogens with zero attached hydrogens (tertiary/aromatic N) is 1. The predicted molar refractivity (Wildman–Crippen MR) is 116 cm³/mol. The van der Waals surface area contributed by atoms with Crippen LogP contribution in [-0.2, 0) is 25.7 Å². The van der Waals surface area contributed by atoms with Crippen molar-refractivity contribution in [3.8, 4) is 0 Å². The molecule has 0 aliphatic carbocycles. The lowest BCUT2D eigenvalue weighted by atomic mass is 9.96. The summed E-state index contributed by atoms with van der Waals surface area (Å²) in [6.45, 7) is 5.72. The molecule has 0 unspecified atom stereocenters. The second-order valence-electron chi connectivity index (χ2n) is 7.78. The molecular formula is C24H34N2O4. The highest BCUT2D eigenvalue weighted by Crippen LogP contribution is 2.20. The summed E-state index contributed by atoms with van der Waals surface area (Å²) in [6.07, 6.45) is 7.80. The van der Waals surface area contributed by atoms with Crippen molar-refractivity contribution in [1.82, 2.24) is 10.2 Å². The van der Waals surface area contributed by atoms with E-state index in [1.54, 1.807) is 0 Å². The smallest absolute Gasteiger partial charge is 0.306 e. The molecule has 1 aromatic carbocycles. The van der Waals surface area contributed by atoms with Crippen LogP contribution in [-0.4, -0.2) is 42.3 Å². The molecule has 1 N–H and O–H groups in total. The molecule has 2 rings (SSSR count). The van der Waals surface area contributed by atoms with Crippen molar-refractivity contribution in [2.75, 3.05) is 19.6 Å². The van der Waals surface area contributed by atoms with Gasteiger partial charge in [0.1, 0.15) is 6.61 Å². The Bertz CT molecular complexity index is 682. The third kappa shape index (κ3) is 8.80. The van der Waals surface area contributed by atoms with Crippen LogP contribution in [0.3, 0.4) is 0 Å². The number of ether oxygens (including phenoxy) is 1. The number of unbranched alkanes of at least 4 members (excludes halogenated alkanes) is 1. The number of benzene rings is 1. The minimum absolute atomic E-state index is 0.0590. The zero-order valence-corrected chi connectivity index (χ0v) is 17.8.